The number of amides is 1. The number of nitrogens with one attached hydrogen (secondary N) is 1. The number of rotatable bonds is 5. The molecule has 4 heterocycles. The highest BCUT2D eigenvalue weighted by molar-refractivity contribution is 5.94. The number of H-pyrrole nitrogens is 1. The second-order valence-corrected chi connectivity index (χ2v) is 6.90. The van der Waals surface area contributed by atoms with E-state index in [0.29, 0.717) is 18.1 Å². The van der Waals surface area contributed by atoms with Crippen LogP contribution in [0.5, 0.6) is 0 Å². The minimum Gasteiger partial charge on any atom is -0.335 e. The van der Waals surface area contributed by atoms with Crippen LogP contribution in [0.1, 0.15) is 36.0 Å². The van der Waals surface area contributed by atoms with Crippen LogP contribution in [-0.2, 0) is 6.54 Å². The highest BCUT2D eigenvalue weighted by Crippen LogP contribution is 2.22. The van der Waals surface area contributed by atoms with Gasteiger partial charge in [0.15, 0.2) is 5.82 Å². The van der Waals surface area contributed by atoms with Gasteiger partial charge in [-0.3, -0.25) is 19.3 Å². The van der Waals surface area contributed by atoms with E-state index in [-0.39, 0.29) is 17.5 Å². The third kappa shape index (κ3) is 3.85. The van der Waals surface area contributed by atoms with E-state index in [1.165, 1.54) is 6.20 Å². The Morgan fingerprint density at radius 1 is 1.18 bits per heavy atom. The van der Waals surface area contributed by atoms with Gasteiger partial charge in [0, 0.05) is 43.9 Å². The summed E-state index contributed by atoms with van der Waals surface area (Å²) in [7, 11) is 0. The molecule has 0 radical (unpaired) electrons. The predicted octanol–water partition coefficient (Wildman–Crippen LogP) is 2.11. The first kappa shape index (κ1) is 18.1. The number of likely N-dealkylation sites (tertiary alicyclic amines) is 1. The van der Waals surface area contributed by atoms with Crippen molar-refractivity contribution in [1.29, 1.82) is 0 Å². The molecule has 0 bridgehead atoms. The normalized spacial score (nSPS) is 16.9. The van der Waals surface area contributed by atoms with Gasteiger partial charge >= 0.3 is 0 Å². The molecular weight excluding hydrogens is 356 g/mol. The summed E-state index contributed by atoms with van der Waals surface area (Å²) in [4.78, 5) is 38.6. The van der Waals surface area contributed by atoms with Crippen LogP contribution >= 0.6 is 0 Å². The number of aryl methyl sites for hydroxylation is 1. The molecule has 3 aromatic heterocycles. The molecule has 28 heavy (non-hydrogen) atoms. The Labute approximate surface area is 162 Å². The second kappa shape index (κ2) is 8.16. The fourth-order valence-corrected chi connectivity index (χ4v) is 3.62. The third-order valence-corrected chi connectivity index (χ3v) is 5.08. The Morgan fingerprint density at radius 3 is 2.86 bits per heavy atom. The van der Waals surface area contributed by atoms with Gasteiger partial charge < -0.3 is 9.88 Å². The van der Waals surface area contributed by atoms with Crippen LogP contribution in [0.3, 0.4) is 0 Å². The molecule has 0 unspecified atom stereocenters. The van der Waals surface area contributed by atoms with Gasteiger partial charge in [0.05, 0.1) is 0 Å². The minimum absolute atomic E-state index is 0.0747. The summed E-state index contributed by atoms with van der Waals surface area (Å²) in [6.45, 7) is 1.40. The van der Waals surface area contributed by atoms with Crippen molar-refractivity contribution < 1.29 is 4.79 Å². The zero-order chi connectivity index (χ0) is 19.3. The third-order valence-electron chi connectivity index (χ3n) is 5.08. The molecule has 0 aliphatic carbocycles. The molecule has 1 saturated heterocycles. The van der Waals surface area contributed by atoms with Crippen LogP contribution in [0, 0.1) is 0 Å². The first-order valence-corrected chi connectivity index (χ1v) is 9.51. The summed E-state index contributed by atoms with van der Waals surface area (Å²) in [5, 5.41) is 4.22. The van der Waals surface area contributed by atoms with Gasteiger partial charge in [-0.2, -0.15) is 5.10 Å². The molecule has 1 N–H and O–H groups in total. The Hall–Kier alpha value is -3.29. The molecule has 1 atom stereocenters. The standard InChI is InChI=1S/C20H22N6O2/c27-19-16(14-22-18(24-19)17-7-1-3-9-21-17)20(28)26-12-4-2-6-15(26)8-13-25-11-5-10-23-25/h1,3,5,7,9-11,14-15H,2,4,6,8,12-13H2,(H,22,24,27)/t15-/m1/s1. The van der Waals surface area contributed by atoms with Crippen molar-refractivity contribution in [2.75, 3.05) is 6.54 Å². The number of carbonyl (C=O) groups excluding carboxylic acids is 1. The van der Waals surface area contributed by atoms with Gasteiger partial charge in [-0.1, -0.05) is 6.07 Å². The number of hydrogen-bond acceptors (Lipinski definition) is 5. The summed E-state index contributed by atoms with van der Waals surface area (Å²) in [5.74, 6) is 0.0995. The molecule has 8 nitrogen and oxygen atoms in total. The van der Waals surface area contributed by atoms with Crippen molar-refractivity contribution in [3.05, 3.63) is 65.0 Å². The van der Waals surface area contributed by atoms with Crippen LogP contribution in [0.15, 0.2) is 53.8 Å². The van der Waals surface area contributed by atoms with Crippen molar-refractivity contribution >= 4 is 5.91 Å². The van der Waals surface area contributed by atoms with Gasteiger partial charge in [0.1, 0.15) is 11.3 Å². The molecule has 0 saturated carbocycles. The fourth-order valence-electron chi connectivity index (χ4n) is 3.62. The molecule has 0 spiro atoms. The van der Waals surface area contributed by atoms with Crippen LogP contribution < -0.4 is 5.56 Å². The van der Waals surface area contributed by atoms with Gasteiger partial charge in [0.25, 0.3) is 11.5 Å². The Bertz CT molecular complexity index is 983. The summed E-state index contributed by atoms with van der Waals surface area (Å²) in [5.41, 5.74) is 0.205. The molecule has 1 aliphatic rings. The van der Waals surface area contributed by atoms with Gasteiger partial charge in [-0.05, 0) is 43.9 Å². The lowest BCUT2D eigenvalue weighted by molar-refractivity contribution is 0.0591. The molecule has 144 valence electrons. The van der Waals surface area contributed by atoms with E-state index in [1.54, 1.807) is 24.5 Å². The maximum atomic E-state index is 13.1. The van der Waals surface area contributed by atoms with E-state index in [4.69, 9.17) is 0 Å². The Balaban J connectivity index is 1.52. The number of piperidine rings is 1. The van der Waals surface area contributed by atoms with Crippen LogP contribution in [0.4, 0.5) is 0 Å². The van der Waals surface area contributed by atoms with Crippen molar-refractivity contribution in [1.82, 2.24) is 29.6 Å². The van der Waals surface area contributed by atoms with E-state index in [1.807, 2.05) is 27.9 Å². The van der Waals surface area contributed by atoms with Crippen LogP contribution in [0.2, 0.25) is 0 Å². The predicted molar refractivity (Wildman–Crippen MR) is 104 cm³/mol. The number of hydrogen-bond donors (Lipinski definition) is 1. The average molecular weight is 378 g/mol. The van der Waals surface area contributed by atoms with E-state index >= 15 is 0 Å². The Kier molecular flexibility index (Phi) is 5.27. The number of carbonyl (C=O) groups is 1. The van der Waals surface area contributed by atoms with Crippen LogP contribution in [-0.4, -0.2) is 48.1 Å². The highest BCUT2D eigenvalue weighted by atomic mass is 16.2. The van der Waals surface area contributed by atoms with E-state index in [0.717, 1.165) is 32.2 Å². The summed E-state index contributed by atoms with van der Waals surface area (Å²) in [6.07, 6.45) is 10.4. The van der Waals surface area contributed by atoms with Gasteiger partial charge in [0.2, 0.25) is 0 Å². The first-order valence-electron chi connectivity index (χ1n) is 9.51. The molecule has 1 aliphatic heterocycles. The topological polar surface area (TPSA) is 96.8 Å². The molecule has 0 aromatic carbocycles. The SMILES string of the molecule is O=C(c1cnc(-c2ccccn2)[nH]c1=O)N1CCCC[C@@H]1CCn1cccn1. The molecule has 4 rings (SSSR count). The molecule has 8 heteroatoms. The van der Waals surface area contributed by atoms with Crippen molar-refractivity contribution in [3.63, 3.8) is 0 Å². The second-order valence-electron chi connectivity index (χ2n) is 6.90. The lowest BCUT2D eigenvalue weighted by Gasteiger charge is -2.35. The van der Waals surface area contributed by atoms with Gasteiger partial charge in [-0.25, -0.2) is 4.98 Å². The fraction of sp³-hybridized carbons (Fsp3) is 0.350. The van der Waals surface area contributed by atoms with Crippen LogP contribution in [0.25, 0.3) is 11.5 Å². The molecular formula is C20H22N6O2. The zero-order valence-corrected chi connectivity index (χ0v) is 15.5. The summed E-state index contributed by atoms with van der Waals surface area (Å²) >= 11 is 0. The summed E-state index contributed by atoms with van der Waals surface area (Å²) in [6, 6.07) is 7.35. The lowest BCUT2D eigenvalue weighted by atomic mass is 9.98. The quantitative estimate of drug-likeness (QED) is 0.733. The molecule has 1 fully saturated rings. The molecule has 1 amide bonds. The van der Waals surface area contributed by atoms with Crippen molar-refractivity contribution in [2.24, 2.45) is 0 Å². The molecule has 3 aromatic rings. The van der Waals surface area contributed by atoms with Crippen molar-refractivity contribution in [2.45, 2.75) is 38.3 Å². The summed E-state index contributed by atoms with van der Waals surface area (Å²) < 4.78 is 1.87. The number of nitrogens with zero attached hydrogens (tertiary/aromatic N) is 5. The number of pyridine rings is 1. The largest absolute Gasteiger partial charge is 0.335 e. The maximum absolute atomic E-state index is 13.1. The Morgan fingerprint density at radius 2 is 2.11 bits per heavy atom. The van der Waals surface area contributed by atoms with Crippen molar-refractivity contribution in [3.8, 4) is 11.5 Å². The minimum atomic E-state index is -0.433. The maximum Gasteiger partial charge on any atom is 0.264 e. The zero-order valence-electron chi connectivity index (χ0n) is 15.5. The van der Waals surface area contributed by atoms with E-state index in [2.05, 4.69) is 20.1 Å². The number of aromatic amines is 1. The number of aromatic nitrogens is 5. The van der Waals surface area contributed by atoms with Gasteiger partial charge in [-0.15, -0.1) is 0 Å². The smallest absolute Gasteiger partial charge is 0.264 e. The van der Waals surface area contributed by atoms with E-state index in [9.17, 15) is 9.59 Å². The average Bonchev–Trinajstić information content (AvgIpc) is 3.26. The first-order chi connectivity index (χ1) is 13.7. The monoisotopic (exact) mass is 378 g/mol. The lowest BCUT2D eigenvalue weighted by Crippen LogP contribution is -2.45. The van der Waals surface area contributed by atoms with E-state index < -0.39 is 5.56 Å². The highest BCUT2D eigenvalue weighted by Gasteiger charge is 2.29.